The van der Waals surface area contributed by atoms with E-state index in [9.17, 15) is 14.3 Å². The molecule has 4 N–H and O–H groups in total. The van der Waals surface area contributed by atoms with Crippen molar-refractivity contribution in [1.82, 2.24) is 0 Å². The van der Waals surface area contributed by atoms with Gasteiger partial charge in [-0.3, -0.25) is 0 Å². The van der Waals surface area contributed by atoms with E-state index in [1.165, 1.54) is 19.1 Å². The minimum Gasteiger partial charge on any atom is -0.507 e. The van der Waals surface area contributed by atoms with E-state index in [-0.39, 0.29) is 16.9 Å². The fourth-order valence-electron chi connectivity index (χ4n) is 1.30. The van der Waals surface area contributed by atoms with Crippen molar-refractivity contribution in [3.05, 3.63) is 28.8 Å². The third-order valence-electron chi connectivity index (χ3n) is 2.14. The predicted molar refractivity (Wildman–Crippen MR) is 52.7 cm³/mol. The molecule has 0 aliphatic carbocycles. The van der Waals surface area contributed by atoms with E-state index in [0.717, 1.165) is 0 Å². The predicted octanol–water partition coefficient (Wildman–Crippen LogP) is 1.37. The highest BCUT2D eigenvalue weighted by Gasteiger charge is 2.16. The molecule has 0 aliphatic heterocycles. The Bertz CT molecular complexity index is 392. The average molecular weight is 213 g/mol. The number of aryl methyl sites for hydroxylation is 1. The van der Waals surface area contributed by atoms with Crippen LogP contribution < -0.4 is 5.73 Å². The Morgan fingerprint density at radius 2 is 2.20 bits per heavy atom. The first kappa shape index (κ1) is 11.5. The van der Waals surface area contributed by atoms with Crippen LogP contribution in [-0.2, 0) is 0 Å². The molecule has 0 aromatic heterocycles. The van der Waals surface area contributed by atoms with Crippen molar-refractivity contribution in [3.8, 4) is 5.75 Å². The summed E-state index contributed by atoms with van der Waals surface area (Å²) >= 11 is 0. The van der Waals surface area contributed by atoms with Crippen LogP contribution >= 0.6 is 0 Å². The molecule has 0 bridgehead atoms. The van der Waals surface area contributed by atoms with Gasteiger partial charge in [0, 0.05) is 5.56 Å². The molecule has 0 heterocycles. The smallest absolute Gasteiger partial charge is 0.335 e. The summed E-state index contributed by atoms with van der Waals surface area (Å²) in [4.78, 5) is 10.7. The van der Waals surface area contributed by atoms with Crippen LogP contribution in [0.1, 0.15) is 27.5 Å². The topological polar surface area (TPSA) is 83.5 Å². The fraction of sp³-hybridized carbons (Fsp3) is 0.300. The second-order valence-electron chi connectivity index (χ2n) is 3.30. The molecule has 0 amide bonds. The largest absolute Gasteiger partial charge is 0.507 e. The van der Waals surface area contributed by atoms with Crippen molar-refractivity contribution in [3.63, 3.8) is 0 Å². The molecule has 0 saturated carbocycles. The Morgan fingerprint density at radius 3 is 2.67 bits per heavy atom. The first-order valence-corrected chi connectivity index (χ1v) is 4.35. The SMILES string of the molecule is Cc1cc(C(=O)O)cc([C@H](N)CF)c1O. The number of aromatic hydroxyl groups is 1. The van der Waals surface area contributed by atoms with E-state index < -0.39 is 18.7 Å². The molecule has 5 heteroatoms. The van der Waals surface area contributed by atoms with Crippen LogP contribution in [0, 0.1) is 6.92 Å². The third kappa shape index (κ3) is 2.24. The van der Waals surface area contributed by atoms with Crippen molar-refractivity contribution >= 4 is 5.97 Å². The molecule has 0 fully saturated rings. The van der Waals surface area contributed by atoms with Gasteiger partial charge in [0.25, 0.3) is 0 Å². The van der Waals surface area contributed by atoms with Gasteiger partial charge in [0.05, 0.1) is 11.6 Å². The molecule has 0 radical (unpaired) electrons. The van der Waals surface area contributed by atoms with Gasteiger partial charge in [-0.05, 0) is 24.6 Å². The van der Waals surface area contributed by atoms with Gasteiger partial charge in [0.15, 0.2) is 0 Å². The van der Waals surface area contributed by atoms with E-state index in [4.69, 9.17) is 10.8 Å². The Hall–Kier alpha value is -1.62. The molecule has 0 saturated heterocycles. The zero-order chi connectivity index (χ0) is 11.6. The average Bonchev–Trinajstić information content (AvgIpc) is 2.20. The monoisotopic (exact) mass is 213 g/mol. The molecule has 1 aromatic carbocycles. The maximum Gasteiger partial charge on any atom is 0.335 e. The van der Waals surface area contributed by atoms with Gasteiger partial charge in [-0.2, -0.15) is 0 Å². The summed E-state index contributed by atoms with van der Waals surface area (Å²) in [6.07, 6.45) is 0. The lowest BCUT2D eigenvalue weighted by atomic mass is 10.0. The lowest BCUT2D eigenvalue weighted by molar-refractivity contribution is 0.0696. The third-order valence-corrected chi connectivity index (χ3v) is 2.14. The summed E-state index contributed by atoms with van der Waals surface area (Å²) in [5.41, 5.74) is 5.88. The van der Waals surface area contributed by atoms with E-state index >= 15 is 0 Å². The minimum atomic E-state index is -1.13. The van der Waals surface area contributed by atoms with Crippen LogP contribution in [0.5, 0.6) is 5.75 Å². The van der Waals surface area contributed by atoms with Crippen molar-refractivity contribution in [2.45, 2.75) is 13.0 Å². The second-order valence-corrected chi connectivity index (χ2v) is 3.30. The van der Waals surface area contributed by atoms with E-state index in [2.05, 4.69) is 0 Å². The summed E-state index contributed by atoms with van der Waals surface area (Å²) < 4.78 is 12.3. The summed E-state index contributed by atoms with van der Waals surface area (Å²) in [5, 5.41) is 18.3. The zero-order valence-corrected chi connectivity index (χ0v) is 8.20. The van der Waals surface area contributed by atoms with Crippen LogP contribution in [0.15, 0.2) is 12.1 Å². The van der Waals surface area contributed by atoms with Crippen LogP contribution in [-0.4, -0.2) is 22.9 Å². The molecular weight excluding hydrogens is 201 g/mol. The molecule has 15 heavy (non-hydrogen) atoms. The summed E-state index contributed by atoms with van der Waals surface area (Å²) in [7, 11) is 0. The Balaban J connectivity index is 3.31. The first-order valence-electron chi connectivity index (χ1n) is 4.35. The summed E-state index contributed by atoms with van der Waals surface area (Å²) in [6.45, 7) is 0.687. The number of carbonyl (C=O) groups is 1. The van der Waals surface area contributed by atoms with Crippen LogP contribution in [0.3, 0.4) is 0 Å². The van der Waals surface area contributed by atoms with Crippen molar-refractivity contribution < 1.29 is 19.4 Å². The molecule has 82 valence electrons. The number of hydrogen-bond acceptors (Lipinski definition) is 3. The number of carboxylic acid groups (broad SMARTS) is 1. The molecule has 0 spiro atoms. The molecule has 1 rings (SSSR count). The van der Waals surface area contributed by atoms with Gasteiger partial charge >= 0.3 is 5.97 Å². The number of nitrogens with two attached hydrogens (primary N) is 1. The number of alkyl halides is 1. The first-order chi connectivity index (χ1) is 6.97. The van der Waals surface area contributed by atoms with Crippen LogP contribution in [0.2, 0.25) is 0 Å². The Labute approximate surface area is 86.1 Å². The standard InChI is InChI=1S/C10H12FNO3/c1-5-2-6(10(14)15)3-7(9(5)13)8(12)4-11/h2-3,8,13H,4,12H2,1H3,(H,14,15)/t8-/m1/s1. The lowest BCUT2D eigenvalue weighted by Gasteiger charge is -2.12. The van der Waals surface area contributed by atoms with Crippen molar-refractivity contribution in [1.29, 1.82) is 0 Å². The van der Waals surface area contributed by atoms with E-state index in [0.29, 0.717) is 5.56 Å². The molecule has 1 atom stereocenters. The fourth-order valence-corrected chi connectivity index (χ4v) is 1.30. The van der Waals surface area contributed by atoms with Gasteiger partial charge in [-0.1, -0.05) is 0 Å². The van der Waals surface area contributed by atoms with Crippen molar-refractivity contribution in [2.24, 2.45) is 5.73 Å². The molecule has 0 unspecified atom stereocenters. The van der Waals surface area contributed by atoms with Gasteiger partial charge < -0.3 is 15.9 Å². The molecule has 0 aliphatic rings. The van der Waals surface area contributed by atoms with Crippen LogP contribution in [0.25, 0.3) is 0 Å². The molecular formula is C10H12FNO3. The molecule has 1 aromatic rings. The summed E-state index contributed by atoms with van der Waals surface area (Å²) in [6, 6.07) is 1.50. The number of aromatic carboxylic acids is 1. The van der Waals surface area contributed by atoms with Gasteiger partial charge in [0.1, 0.15) is 12.4 Å². The number of rotatable bonds is 3. The number of benzene rings is 1. The number of phenols is 1. The number of carboxylic acids is 1. The van der Waals surface area contributed by atoms with Gasteiger partial charge in [-0.25, -0.2) is 9.18 Å². The van der Waals surface area contributed by atoms with Gasteiger partial charge in [0.2, 0.25) is 0 Å². The Kier molecular flexibility index (Phi) is 3.26. The second kappa shape index (κ2) is 4.27. The quantitative estimate of drug-likeness (QED) is 0.708. The highest BCUT2D eigenvalue weighted by atomic mass is 19.1. The minimum absolute atomic E-state index is 0.0100. The number of halogens is 1. The zero-order valence-electron chi connectivity index (χ0n) is 8.20. The molecule has 4 nitrogen and oxygen atoms in total. The Morgan fingerprint density at radius 1 is 1.60 bits per heavy atom. The number of phenolic OH excluding ortho intramolecular Hbond substituents is 1. The normalized spacial score (nSPS) is 12.5. The van der Waals surface area contributed by atoms with Crippen LogP contribution in [0.4, 0.5) is 4.39 Å². The van der Waals surface area contributed by atoms with E-state index in [1.54, 1.807) is 0 Å². The highest BCUT2D eigenvalue weighted by Crippen LogP contribution is 2.28. The lowest BCUT2D eigenvalue weighted by Crippen LogP contribution is -2.14. The summed E-state index contributed by atoms with van der Waals surface area (Å²) in [5.74, 6) is -1.28. The van der Waals surface area contributed by atoms with Crippen molar-refractivity contribution in [2.75, 3.05) is 6.67 Å². The number of hydrogen-bond donors (Lipinski definition) is 3. The highest BCUT2D eigenvalue weighted by molar-refractivity contribution is 5.88. The van der Waals surface area contributed by atoms with Gasteiger partial charge in [-0.15, -0.1) is 0 Å². The van der Waals surface area contributed by atoms with E-state index in [1.807, 2.05) is 0 Å². The maximum atomic E-state index is 12.3. The maximum absolute atomic E-state index is 12.3.